The summed E-state index contributed by atoms with van der Waals surface area (Å²) in [6, 6.07) is 4.18. The van der Waals surface area contributed by atoms with Crippen molar-refractivity contribution in [1.29, 1.82) is 0 Å². The largest absolute Gasteiger partial charge is 0.496 e. The molecule has 1 atom stereocenters. The molecule has 1 unspecified atom stereocenters. The molecular formula is C16H21N3O2. The number of nitrogens with one attached hydrogen (secondary N) is 1. The van der Waals surface area contributed by atoms with Gasteiger partial charge in [-0.25, -0.2) is 4.98 Å². The van der Waals surface area contributed by atoms with E-state index >= 15 is 0 Å². The van der Waals surface area contributed by atoms with Crippen molar-refractivity contribution in [3.8, 4) is 11.5 Å². The molecule has 0 radical (unpaired) electrons. The molecule has 5 nitrogen and oxygen atoms in total. The first-order valence-electron chi connectivity index (χ1n) is 7.20. The van der Waals surface area contributed by atoms with Gasteiger partial charge >= 0.3 is 0 Å². The number of methoxy groups -OCH3 is 1. The molecule has 0 fully saturated rings. The number of ether oxygens (including phenoxy) is 2. The predicted molar refractivity (Wildman–Crippen MR) is 80.5 cm³/mol. The molecule has 0 bridgehead atoms. The molecule has 1 aromatic heterocycles. The van der Waals surface area contributed by atoms with E-state index in [1.165, 1.54) is 5.56 Å². The Bertz CT molecular complexity index is 636. The summed E-state index contributed by atoms with van der Waals surface area (Å²) in [4.78, 5) is 4.30. The zero-order valence-electron chi connectivity index (χ0n) is 12.7. The van der Waals surface area contributed by atoms with Gasteiger partial charge < -0.3 is 19.4 Å². The van der Waals surface area contributed by atoms with Crippen LogP contribution in [0.2, 0.25) is 0 Å². The van der Waals surface area contributed by atoms with Gasteiger partial charge in [0.25, 0.3) is 0 Å². The van der Waals surface area contributed by atoms with Gasteiger partial charge in [0.1, 0.15) is 23.4 Å². The van der Waals surface area contributed by atoms with Gasteiger partial charge in [0.05, 0.1) is 13.7 Å². The first kappa shape index (κ1) is 13.9. The monoisotopic (exact) mass is 287 g/mol. The van der Waals surface area contributed by atoms with Crippen LogP contribution in [0, 0.1) is 0 Å². The number of hydrogen-bond donors (Lipinski definition) is 1. The van der Waals surface area contributed by atoms with Gasteiger partial charge in [-0.2, -0.15) is 0 Å². The van der Waals surface area contributed by atoms with Crippen molar-refractivity contribution in [2.24, 2.45) is 7.05 Å². The van der Waals surface area contributed by atoms with Gasteiger partial charge in [-0.1, -0.05) is 0 Å². The fourth-order valence-electron chi connectivity index (χ4n) is 2.69. The molecule has 0 saturated carbocycles. The van der Waals surface area contributed by atoms with Crippen LogP contribution in [0.3, 0.4) is 0 Å². The summed E-state index contributed by atoms with van der Waals surface area (Å²) < 4.78 is 13.3. The number of nitrogens with zero attached hydrogens (tertiary/aromatic N) is 2. The van der Waals surface area contributed by atoms with Crippen molar-refractivity contribution in [2.75, 3.05) is 7.11 Å². The Morgan fingerprint density at radius 3 is 3.00 bits per heavy atom. The number of imidazole rings is 1. The van der Waals surface area contributed by atoms with Crippen molar-refractivity contribution in [3.05, 3.63) is 41.5 Å². The van der Waals surface area contributed by atoms with Crippen molar-refractivity contribution in [2.45, 2.75) is 32.5 Å². The second kappa shape index (κ2) is 5.77. The molecule has 5 heteroatoms. The maximum absolute atomic E-state index is 5.82. The topological polar surface area (TPSA) is 48.3 Å². The zero-order chi connectivity index (χ0) is 14.8. The lowest BCUT2D eigenvalue weighted by molar-refractivity contribution is 0.254. The molecule has 1 aliphatic rings. The second-order valence-corrected chi connectivity index (χ2v) is 5.46. The highest BCUT2D eigenvalue weighted by Crippen LogP contribution is 2.34. The van der Waals surface area contributed by atoms with Crippen LogP contribution in [0.5, 0.6) is 11.5 Å². The molecule has 1 aliphatic heterocycles. The third-order valence-corrected chi connectivity index (χ3v) is 3.82. The van der Waals surface area contributed by atoms with Gasteiger partial charge in [-0.15, -0.1) is 0 Å². The highest BCUT2D eigenvalue weighted by molar-refractivity contribution is 5.48. The molecule has 3 rings (SSSR count). The van der Waals surface area contributed by atoms with E-state index in [1.807, 2.05) is 24.0 Å². The van der Waals surface area contributed by atoms with Gasteiger partial charge in [-0.3, -0.25) is 0 Å². The Balaban J connectivity index is 1.70. The third-order valence-electron chi connectivity index (χ3n) is 3.82. The molecule has 0 amide bonds. The van der Waals surface area contributed by atoms with Crippen LogP contribution < -0.4 is 14.8 Å². The molecule has 2 heterocycles. The Morgan fingerprint density at radius 1 is 1.43 bits per heavy atom. The summed E-state index contributed by atoms with van der Waals surface area (Å²) in [6.07, 6.45) is 4.96. The van der Waals surface area contributed by atoms with E-state index < -0.39 is 0 Å². The molecule has 0 spiro atoms. The number of aryl methyl sites for hydroxylation is 1. The van der Waals surface area contributed by atoms with E-state index in [9.17, 15) is 0 Å². The van der Waals surface area contributed by atoms with Gasteiger partial charge in [0, 0.05) is 43.5 Å². The lowest BCUT2D eigenvalue weighted by Gasteiger charge is -2.12. The number of rotatable bonds is 5. The number of aromatic nitrogens is 2. The van der Waals surface area contributed by atoms with Crippen molar-refractivity contribution < 1.29 is 9.47 Å². The van der Waals surface area contributed by atoms with Crippen LogP contribution >= 0.6 is 0 Å². The fourth-order valence-corrected chi connectivity index (χ4v) is 2.69. The third kappa shape index (κ3) is 2.88. The summed E-state index contributed by atoms with van der Waals surface area (Å²) in [7, 11) is 3.71. The number of hydrogen-bond acceptors (Lipinski definition) is 4. The predicted octanol–water partition coefficient (Wildman–Crippen LogP) is 2.04. The van der Waals surface area contributed by atoms with Crippen molar-refractivity contribution in [3.63, 3.8) is 0 Å². The molecule has 21 heavy (non-hydrogen) atoms. The van der Waals surface area contributed by atoms with Crippen LogP contribution in [-0.4, -0.2) is 22.8 Å². The van der Waals surface area contributed by atoms with E-state index in [1.54, 1.807) is 7.11 Å². The molecule has 0 aliphatic carbocycles. The minimum absolute atomic E-state index is 0.250. The van der Waals surface area contributed by atoms with Crippen molar-refractivity contribution >= 4 is 0 Å². The number of fused-ring (bicyclic) bond motifs is 1. The quantitative estimate of drug-likeness (QED) is 0.914. The highest BCUT2D eigenvalue weighted by Gasteiger charge is 2.21. The lowest BCUT2D eigenvalue weighted by atomic mass is 10.1. The Morgan fingerprint density at radius 2 is 2.29 bits per heavy atom. The SMILES string of the molecule is COc1cc2c(cc1CNCc1nccn1C)OC(C)C2. The summed E-state index contributed by atoms with van der Waals surface area (Å²) in [5.74, 6) is 2.91. The summed E-state index contributed by atoms with van der Waals surface area (Å²) in [5, 5.41) is 3.40. The maximum Gasteiger partial charge on any atom is 0.123 e. The average molecular weight is 287 g/mol. The fraction of sp³-hybridized carbons (Fsp3) is 0.438. The molecule has 112 valence electrons. The minimum atomic E-state index is 0.250. The van der Waals surface area contributed by atoms with Crippen LogP contribution in [-0.2, 0) is 26.6 Å². The van der Waals surface area contributed by atoms with Crippen LogP contribution in [0.25, 0.3) is 0 Å². The maximum atomic E-state index is 5.82. The van der Waals surface area contributed by atoms with Gasteiger partial charge in [0.15, 0.2) is 0 Å². The van der Waals surface area contributed by atoms with E-state index in [2.05, 4.69) is 29.4 Å². The van der Waals surface area contributed by atoms with Gasteiger partial charge in [0.2, 0.25) is 0 Å². The Kier molecular flexibility index (Phi) is 3.84. The molecule has 0 saturated heterocycles. The first-order valence-corrected chi connectivity index (χ1v) is 7.20. The Hall–Kier alpha value is -2.01. The smallest absolute Gasteiger partial charge is 0.123 e. The van der Waals surface area contributed by atoms with Crippen LogP contribution in [0.15, 0.2) is 24.5 Å². The second-order valence-electron chi connectivity index (χ2n) is 5.46. The van der Waals surface area contributed by atoms with E-state index in [4.69, 9.17) is 9.47 Å². The molecule has 1 N–H and O–H groups in total. The minimum Gasteiger partial charge on any atom is -0.496 e. The summed E-state index contributed by atoms with van der Waals surface area (Å²) >= 11 is 0. The summed E-state index contributed by atoms with van der Waals surface area (Å²) in [6.45, 7) is 3.54. The lowest BCUT2D eigenvalue weighted by Crippen LogP contribution is -2.16. The first-order chi connectivity index (χ1) is 10.2. The Labute approximate surface area is 124 Å². The van der Waals surface area contributed by atoms with E-state index in [0.29, 0.717) is 0 Å². The molecule has 1 aromatic carbocycles. The molecule has 2 aromatic rings. The standard InChI is InChI=1S/C16H21N3O2/c1-11-6-12-7-14(20-3)13(8-15(12)21-11)9-17-10-16-18-4-5-19(16)2/h4-5,7-8,11,17H,6,9-10H2,1-3H3. The number of benzene rings is 1. The van der Waals surface area contributed by atoms with E-state index in [0.717, 1.165) is 42.4 Å². The normalized spacial score (nSPS) is 16.6. The van der Waals surface area contributed by atoms with Crippen LogP contribution in [0.1, 0.15) is 23.9 Å². The average Bonchev–Trinajstić information content (AvgIpc) is 3.02. The highest BCUT2D eigenvalue weighted by atomic mass is 16.5. The van der Waals surface area contributed by atoms with E-state index in [-0.39, 0.29) is 6.10 Å². The summed E-state index contributed by atoms with van der Waals surface area (Å²) in [5.41, 5.74) is 2.34. The van der Waals surface area contributed by atoms with Crippen LogP contribution in [0.4, 0.5) is 0 Å². The van der Waals surface area contributed by atoms with Crippen molar-refractivity contribution in [1.82, 2.24) is 14.9 Å². The van der Waals surface area contributed by atoms with Gasteiger partial charge in [-0.05, 0) is 19.1 Å². The molecular weight excluding hydrogens is 266 g/mol. The zero-order valence-corrected chi connectivity index (χ0v) is 12.7.